The fourth-order valence-corrected chi connectivity index (χ4v) is 7.53. The second-order valence-electron chi connectivity index (χ2n) is 11.8. The number of imide groups is 1. The summed E-state index contributed by atoms with van der Waals surface area (Å²) in [7, 11) is 0. The first-order valence-electron chi connectivity index (χ1n) is 14.5. The molecule has 3 aromatic carbocycles. The maximum Gasteiger partial charge on any atom is 0.343 e. The van der Waals surface area contributed by atoms with Crippen LogP contribution in [0.15, 0.2) is 78.9 Å². The summed E-state index contributed by atoms with van der Waals surface area (Å²) in [5.41, 5.74) is -0.00867. The third-order valence-electron chi connectivity index (χ3n) is 9.27. The molecule has 0 spiro atoms. The molecule has 1 heterocycles. The number of hydrogen-bond donors (Lipinski definition) is 0. The molecule has 6 atom stereocenters. The van der Waals surface area contributed by atoms with Gasteiger partial charge >= 0.3 is 5.97 Å². The van der Waals surface area contributed by atoms with Gasteiger partial charge in [0.15, 0.2) is 5.78 Å². The first kappa shape index (κ1) is 29.8. The fraction of sp³-hybridized carbons (Fsp3) is 0.242. The lowest BCUT2D eigenvalue weighted by Crippen LogP contribution is -2.52. The van der Waals surface area contributed by atoms with E-state index in [0.717, 1.165) is 16.4 Å². The van der Waals surface area contributed by atoms with E-state index in [1.165, 1.54) is 66.7 Å². The molecule has 3 amide bonds. The Bertz CT molecular complexity index is 1840. The largest absolute Gasteiger partial charge is 0.423 e. The number of hydrazine groups is 1. The van der Waals surface area contributed by atoms with Gasteiger partial charge in [-0.25, -0.2) is 9.80 Å². The molecule has 5 aliphatic rings. The standard InChI is InChI=1S/C33H23Cl2N3O8/c34-18-5-10-23(26(35)13-18)30(40)36(37-31(41)28-21-11-12-22(25-14-24(21)25)29(28)32(37)42)15-27(39)16-3-8-20(9-4-16)46-33(43)17-1-6-19(7-2-17)38(44)45/h1-13,21-22,24-25,28-29H,14-15H2/t21-,22-,24-,25-,28+,29+/m0/s1. The second kappa shape index (κ2) is 11.2. The van der Waals surface area contributed by atoms with E-state index in [-0.39, 0.29) is 50.0 Å². The highest BCUT2D eigenvalue weighted by Gasteiger charge is 2.68. The van der Waals surface area contributed by atoms with Crippen LogP contribution in [0.3, 0.4) is 0 Å². The maximum absolute atomic E-state index is 13.9. The SMILES string of the molecule is O=C(CN(C(=O)c1ccc(Cl)cc1Cl)N1C(=O)[C@@H]2[C@H]3C=C[C@@H]([C@@H]4C[C@@H]34)[C@H]2C1=O)c1ccc(OC(=O)c2ccc([N+](=O)[O-])cc2)cc1. The summed E-state index contributed by atoms with van der Waals surface area (Å²) in [5.74, 6) is -3.78. The number of ether oxygens (including phenoxy) is 1. The lowest BCUT2D eigenvalue weighted by Gasteiger charge is -2.37. The van der Waals surface area contributed by atoms with Crippen LogP contribution in [0, 0.1) is 45.6 Å². The van der Waals surface area contributed by atoms with Gasteiger partial charge in [0, 0.05) is 22.7 Å². The highest BCUT2D eigenvalue weighted by molar-refractivity contribution is 6.36. The zero-order valence-electron chi connectivity index (χ0n) is 23.7. The smallest absolute Gasteiger partial charge is 0.343 e. The van der Waals surface area contributed by atoms with Crippen molar-refractivity contribution in [1.82, 2.24) is 10.0 Å². The molecule has 1 saturated heterocycles. The third-order valence-corrected chi connectivity index (χ3v) is 9.82. The van der Waals surface area contributed by atoms with E-state index in [4.69, 9.17) is 27.9 Å². The van der Waals surface area contributed by atoms with Crippen molar-refractivity contribution in [2.24, 2.45) is 35.5 Å². The average Bonchev–Trinajstić information content (AvgIpc) is 3.83. The van der Waals surface area contributed by atoms with Gasteiger partial charge in [-0.2, -0.15) is 5.01 Å². The van der Waals surface area contributed by atoms with Crippen molar-refractivity contribution in [2.45, 2.75) is 6.42 Å². The minimum absolute atomic E-state index is 0.00590. The molecular formula is C33H23Cl2N3O8. The lowest BCUT2D eigenvalue weighted by molar-refractivity contribution is -0.384. The van der Waals surface area contributed by atoms with Gasteiger partial charge in [-0.05, 0) is 84.7 Å². The first-order valence-corrected chi connectivity index (χ1v) is 15.2. The number of benzene rings is 3. The molecule has 13 heteroatoms. The fourth-order valence-electron chi connectivity index (χ4n) is 7.04. The van der Waals surface area contributed by atoms with Crippen LogP contribution in [0.1, 0.15) is 37.5 Å². The molecule has 11 nitrogen and oxygen atoms in total. The highest BCUT2D eigenvalue weighted by atomic mass is 35.5. The number of hydrogen-bond acceptors (Lipinski definition) is 8. The zero-order chi connectivity index (χ0) is 32.4. The summed E-state index contributed by atoms with van der Waals surface area (Å²) in [4.78, 5) is 78.1. The molecule has 3 aromatic rings. The van der Waals surface area contributed by atoms with Crippen molar-refractivity contribution in [2.75, 3.05) is 6.54 Å². The van der Waals surface area contributed by atoms with Crippen LogP contribution < -0.4 is 4.74 Å². The van der Waals surface area contributed by atoms with Crippen LogP contribution in [0.25, 0.3) is 0 Å². The van der Waals surface area contributed by atoms with Crippen LogP contribution in [-0.4, -0.2) is 51.0 Å². The lowest BCUT2D eigenvalue weighted by atomic mass is 9.63. The maximum atomic E-state index is 13.9. The molecule has 3 fully saturated rings. The molecule has 8 rings (SSSR count). The molecule has 1 aliphatic heterocycles. The van der Waals surface area contributed by atoms with Gasteiger partial charge in [0.25, 0.3) is 23.4 Å². The van der Waals surface area contributed by atoms with E-state index in [9.17, 15) is 34.1 Å². The predicted molar refractivity (Wildman–Crippen MR) is 163 cm³/mol. The van der Waals surface area contributed by atoms with E-state index >= 15 is 0 Å². The molecule has 46 heavy (non-hydrogen) atoms. The molecule has 2 saturated carbocycles. The summed E-state index contributed by atoms with van der Waals surface area (Å²) < 4.78 is 5.32. The van der Waals surface area contributed by atoms with E-state index in [0.29, 0.717) is 11.8 Å². The van der Waals surface area contributed by atoms with E-state index < -0.39 is 52.8 Å². The summed E-state index contributed by atoms with van der Waals surface area (Å²) in [6.07, 6.45) is 4.99. The number of nitrogens with zero attached hydrogens (tertiary/aromatic N) is 3. The van der Waals surface area contributed by atoms with Crippen molar-refractivity contribution in [1.29, 1.82) is 0 Å². The van der Waals surface area contributed by atoms with Crippen LogP contribution >= 0.6 is 23.2 Å². The molecule has 2 bridgehead atoms. The number of non-ortho nitro benzene ring substituents is 1. The third kappa shape index (κ3) is 4.96. The normalized spacial score (nSPS) is 25.1. The number of Topliss-reactive ketones (excluding diaryl/α,β-unsaturated/α-hetero) is 1. The number of halogens is 2. The van der Waals surface area contributed by atoms with E-state index in [1.807, 2.05) is 12.2 Å². The Morgan fingerprint density at radius 2 is 1.46 bits per heavy atom. The molecule has 232 valence electrons. The monoisotopic (exact) mass is 659 g/mol. The Morgan fingerprint density at radius 3 is 2.02 bits per heavy atom. The number of esters is 1. The van der Waals surface area contributed by atoms with Crippen molar-refractivity contribution in [3.8, 4) is 5.75 Å². The Hall–Kier alpha value is -4.87. The minimum Gasteiger partial charge on any atom is -0.423 e. The first-order chi connectivity index (χ1) is 22.0. The van der Waals surface area contributed by atoms with Crippen molar-refractivity contribution >= 4 is 58.4 Å². The quantitative estimate of drug-likeness (QED) is 0.0593. The number of allylic oxidation sites excluding steroid dienone is 2. The van der Waals surface area contributed by atoms with Crippen molar-refractivity contribution < 1.29 is 33.6 Å². The summed E-state index contributed by atoms with van der Waals surface area (Å²) >= 11 is 12.4. The van der Waals surface area contributed by atoms with Crippen molar-refractivity contribution in [3.05, 3.63) is 116 Å². The predicted octanol–water partition coefficient (Wildman–Crippen LogP) is 5.41. The summed E-state index contributed by atoms with van der Waals surface area (Å²) in [6.45, 7) is -0.647. The van der Waals surface area contributed by atoms with Gasteiger partial charge in [0.05, 0.1) is 32.9 Å². The minimum atomic E-state index is -0.811. The number of nitro benzene ring substituents is 1. The Labute approximate surface area is 271 Å². The molecule has 0 N–H and O–H groups in total. The van der Waals surface area contributed by atoms with Gasteiger partial charge in [-0.15, -0.1) is 0 Å². The molecule has 0 unspecified atom stereocenters. The van der Waals surface area contributed by atoms with Crippen LogP contribution in [-0.2, 0) is 9.59 Å². The summed E-state index contributed by atoms with van der Waals surface area (Å²) in [6, 6.07) is 14.6. The zero-order valence-corrected chi connectivity index (χ0v) is 25.3. The van der Waals surface area contributed by atoms with Crippen LogP contribution in [0.4, 0.5) is 5.69 Å². The Balaban J connectivity index is 1.13. The van der Waals surface area contributed by atoms with Gasteiger partial charge in [-0.3, -0.25) is 29.3 Å². The number of ketones is 1. The number of rotatable bonds is 8. The van der Waals surface area contributed by atoms with Crippen LogP contribution in [0.2, 0.25) is 10.0 Å². The van der Waals surface area contributed by atoms with Gasteiger partial charge in [0.2, 0.25) is 0 Å². The number of carbonyl (C=O) groups excluding carboxylic acids is 5. The van der Waals surface area contributed by atoms with Crippen molar-refractivity contribution in [3.63, 3.8) is 0 Å². The van der Waals surface area contributed by atoms with E-state index in [1.54, 1.807) is 0 Å². The number of nitro groups is 1. The van der Waals surface area contributed by atoms with E-state index in [2.05, 4.69) is 0 Å². The number of carbonyl (C=O) groups is 5. The van der Waals surface area contributed by atoms with Gasteiger partial charge < -0.3 is 4.74 Å². The topological polar surface area (TPSA) is 144 Å². The molecule has 4 aliphatic carbocycles. The molecule has 0 radical (unpaired) electrons. The molecular weight excluding hydrogens is 637 g/mol. The van der Waals surface area contributed by atoms with Crippen LogP contribution in [0.5, 0.6) is 5.75 Å². The molecule has 0 aromatic heterocycles. The highest BCUT2D eigenvalue weighted by Crippen LogP contribution is 2.65. The number of amides is 3. The van der Waals surface area contributed by atoms with Gasteiger partial charge in [-0.1, -0.05) is 35.4 Å². The Morgan fingerprint density at radius 1 is 0.870 bits per heavy atom. The summed E-state index contributed by atoms with van der Waals surface area (Å²) in [5, 5.41) is 12.8. The van der Waals surface area contributed by atoms with Gasteiger partial charge in [0.1, 0.15) is 12.3 Å². The second-order valence-corrected chi connectivity index (χ2v) is 12.6. The average molecular weight is 660 g/mol. The Kier molecular flexibility index (Phi) is 7.25.